The molecule has 0 aromatic heterocycles. The van der Waals surface area contributed by atoms with E-state index in [1.807, 2.05) is 6.92 Å². The predicted octanol–water partition coefficient (Wildman–Crippen LogP) is 4.20. The normalized spacial score (nSPS) is 11.1. The summed E-state index contributed by atoms with van der Waals surface area (Å²) >= 11 is 12.0. The zero-order chi connectivity index (χ0) is 17.0. The first kappa shape index (κ1) is 17.7. The third-order valence-corrected chi connectivity index (χ3v) is 5.34. The van der Waals surface area contributed by atoms with E-state index in [-0.39, 0.29) is 14.9 Å². The molecule has 0 fully saturated rings. The van der Waals surface area contributed by atoms with E-state index in [9.17, 15) is 8.42 Å². The van der Waals surface area contributed by atoms with Crippen LogP contribution in [0.25, 0.3) is 0 Å². The Kier molecular flexibility index (Phi) is 5.62. The molecule has 0 saturated carbocycles. The lowest BCUT2D eigenvalue weighted by Gasteiger charge is -2.12. The summed E-state index contributed by atoms with van der Waals surface area (Å²) in [5.74, 6) is 0.956. The minimum atomic E-state index is -3.88. The van der Waals surface area contributed by atoms with Crippen LogP contribution in [0.2, 0.25) is 10.0 Å². The fourth-order valence-corrected chi connectivity index (χ4v) is 3.78. The van der Waals surface area contributed by atoms with Gasteiger partial charge in [0.25, 0.3) is 10.0 Å². The molecule has 0 bridgehead atoms. The maximum atomic E-state index is 12.5. The Morgan fingerprint density at radius 3 is 2.26 bits per heavy atom. The van der Waals surface area contributed by atoms with Crippen LogP contribution in [0.3, 0.4) is 0 Å². The highest BCUT2D eigenvalue weighted by molar-refractivity contribution is 7.92. The van der Waals surface area contributed by atoms with E-state index in [0.717, 1.165) is 0 Å². The summed E-state index contributed by atoms with van der Waals surface area (Å²) in [6, 6.07) is 9.32. The Balaban J connectivity index is 2.30. The van der Waals surface area contributed by atoms with Crippen molar-refractivity contribution in [2.75, 3.05) is 18.4 Å². The van der Waals surface area contributed by atoms with Gasteiger partial charge in [-0.1, -0.05) is 23.2 Å². The SMILES string of the molecule is CCOc1ccc(NS(=O)(=O)c2ccc(OC)c(Cl)c2Cl)cc1. The van der Waals surface area contributed by atoms with Crippen molar-refractivity contribution in [2.45, 2.75) is 11.8 Å². The molecule has 1 N–H and O–H groups in total. The van der Waals surface area contributed by atoms with Crippen LogP contribution in [-0.4, -0.2) is 22.1 Å². The third kappa shape index (κ3) is 4.02. The summed E-state index contributed by atoms with van der Waals surface area (Å²) in [4.78, 5) is -0.126. The van der Waals surface area contributed by atoms with Crippen LogP contribution >= 0.6 is 23.2 Å². The number of benzene rings is 2. The highest BCUT2D eigenvalue weighted by Crippen LogP contribution is 2.37. The number of anilines is 1. The van der Waals surface area contributed by atoms with Gasteiger partial charge in [-0.25, -0.2) is 8.42 Å². The first-order valence-electron chi connectivity index (χ1n) is 6.66. The number of ether oxygens (including phenoxy) is 2. The van der Waals surface area contributed by atoms with Crippen LogP contribution in [0.1, 0.15) is 6.92 Å². The van der Waals surface area contributed by atoms with E-state index in [4.69, 9.17) is 32.7 Å². The lowest BCUT2D eigenvalue weighted by atomic mass is 10.3. The monoisotopic (exact) mass is 375 g/mol. The van der Waals surface area contributed by atoms with Crippen LogP contribution < -0.4 is 14.2 Å². The largest absolute Gasteiger partial charge is 0.495 e. The smallest absolute Gasteiger partial charge is 0.263 e. The fourth-order valence-electron chi connectivity index (χ4n) is 1.88. The molecule has 0 aliphatic heterocycles. The van der Waals surface area contributed by atoms with Crippen molar-refractivity contribution in [1.82, 2.24) is 0 Å². The molecule has 0 saturated heterocycles. The molecule has 0 aliphatic carbocycles. The molecular weight excluding hydrogens is 361 g/mol. The zero-order valence-corrected chi connectivity index (χ0v) is 14.8. The van der Waals surface area contributed by atoms with Crippen LogP contribution in [-0.2, 0) is 10.0 Å². The van der Waals surface area contributed by atoms with Gasteiger partial charge in [0.15, 0.2) is 0 Å². The molecule has 2 aromatic rings. The highest BCUT2D eigenvalue weighted by atomic mass is 35.5. The van der Waals surface area contributed by atoms with Gasteiger partial charge in [0.2, 0.25) is 0 Å². The van der Waals surface area contributed by atoms with Gasteiger partial charge in [0, 0.05) is 5.69 Å². The van der Waals surface area contributed by atoms with Crippen molar-refractivity contribution < 1.29 is 17.9 Å². The molecule has 0 unspecified atom stereocenters. The molecule has 8 heteroatoms. The number of rotatable bonds is 6. The first-order chi connectivity index (χ1) is 10.9. The Morgan fingerprint density at radius 1 is 1.04 bits per heavy atom. The van der Waals surface area contributed by atoms with Crippen molar-refractivity contribution in [3.63, 3.8) is 0 Å². The van der Waals surface area contributed by atoms with E-state index in [1.54, 1.807) is 24.3 Å². The van der Waals surface area contributed by atoms with E-state index in [0.29, 0.717) is 23.8 Å². The summed E-state index contributed by atoms with van der Waals surface area (Å²) in [5, 5.41) is -0.0480. The Hall–Kier alpha value is -1.63. The van der Waals surface area contributed by atoms with Crippen molar-refractivity contribution in [2.24, 2.45) is 0 Å². The number of sulfonamides is 1. The summed E-state index contributed by atoms with van der Waals surface area (Å²) in [6.07, 6.45) is 0. The predicted molar refractivity (Wildman–Crippen MR) is 91.4 cm³/mol. The zero-order valence-electron chi connectivity index (χ0n) is 12.5. The van der Waals surface area contributed by atoms with Crippen LogP contribution in [0.15, 0.2) is 41.3 Å². The lowest BCUT2D eigenvalue weighted by molar-refractivity contribution is 0.340. The van der Waals surface area contributed by atoms with Crippen LogP contribution in [0, 0.1) is 0 Å². The summed E-state index contributed by atoms with van der Waals surface area (Å²) in [6.45, 7) is 2.40. The van der Waals surface area contributed by atoms with E-state index in [2.05, 4.69) is 4.72 Å². The minimum absolute atomic E-state index is 0.0451. The standard InChI is InChI=1S/C15H15Cl2NO4S/c1-3-22-11-6-4-10(5-7-11)18-23(19,20)13-9-8-12(21-2)14(16)15(13)17/h4-9,18H,3H2,1-2H3. The number of hydrogen-bond acceptors (Lipinski definition) is 4. The first-order valence-corrected chi connectivity index (χ1v) is 8.90. The second-order valence-corrected chi connectivity index (χ2v) is 6.86. The lowest BCUT2D eigenvalue weighted by Crippen LogP contribution is -2.13. The molecule has 0 amide bonds. The van der Waals surface area contributed by atoms with E-state index < -0.39 is 10.0 Å². The van der Waals surface area contributed by atoms with Gasteiger partial charge >= 0.3 is 0 Å². The van der Waals surface area contributed by atoms with Gasteiger partial charge in [0.05, 0.1) is 18.7 Å². The van der Waals surface area contributed by atoms with Gasteiger partial charge in [-0.3, -0.25) is 4.72 Å². The average molecular weight is 376 g/mol. The van der Waals surface area contributed by atoms with Crippen molar-refractivity contribution in [3.05, 3.63) is 46.4 Å². The topological polar surface area (TPSA) is 64.6 Å². The number of methoxy groups -OCH3 is 1. The molecule has 0 atom stereocenters. The second-order valence-electron chi connectivity index (χ2n) is 4.46. The molecule has 0 spiro atoms. The fraction of sp³-hybridized carbons (Fsp3) is 0.200. The van der Waals surface area contributed by atoms with Crippen LogP contribution in [0.5, 0.6) is 11.5 Å². The van der Waals surface area contributed by atoms with Gasteiger partial charge in [0.1, 0.15) is 21.4 Å². The molecular formula is C15H15Cl2NO4S. The van der Waals surface area contributed by atoms with E-state index in [1.165, 1.54) is 19.2 Å². The summed E-state index contributed by atoms with van der Waals surface area (Å²) < 4.78 is 37.7. The average Bonchev–Trinajstić information content (AvgIpc) is 2.51. The van der Waals surface area contributed by atoms with Crippen LogP contribution in [0.4, 0.5) is 5.69 Å². The quantitative estimate of drug-likeness (QED) is 0.821. The molecule has 0 aliphatic rings. The van der Waals surface area contributed by atoms with Gasteiger partial charge in [-0.05, 0) is 43.3 Å². The van der Waals surface area contributed by atoms with Crippen molar-refractivity contribution >= 4 is 38.9 Å². The van der Waals surface area contributed by atoms with E-state index >= 15 is 0 Å². The Labute approximate surface area is 145 Å². The number of hydrogen-bond donors (Lipinski definition) is 1. The Morgan fingerprint density at radius 2 is 1.70 bits per heavy atom. The molecule has 5 nitrogen and oxygen atoms in total. The van der Waals surface area contributed by atoms with Crippen molar-refractivity contribution in [3.8, 4) is 11.5 Å². The third-order valence-electron chi connectivity index (χ3n) is 2.94. The number of nitrogens with one attached hydrogen (secondary N) is 1. The summed E-state index contributed by atoms with van der Waals surface area (Å²) in [5.41, 5.74) is 0.386. The Bertz CT molecular complexity index is 792. The molecule has 0 radical (unpaired) electrons. The highest BCUT2D eigenvalue weighted by Gasteiger charge is 2.22. The maximum absolute atomic E-state index is 12.5. The minimum Gasteiger partial charge on any atom is -0.495 e. The molecule has 2 rings (SSSR count). The molecule has 0 heterocycles. The molecule has 2 aromatic carbocycles. The molecule has 124 valence electrons. The van der Waals surface area contributed by atoms with Crippen molar-refractivity contribution in [1.29, 1.82) is 0 Å². The molecule has 23 heavy (non-hydrogen) atoms. The van der Waals surface area contributed by atoms with Gasteiger partial charge in [-0.15, -0.1) is 0 Å². The summed E-state index contributed by atoms with van der Waals surface area (Å²) in [7, 11) is -2.46. The maximum Gasteiger partial charge on any atom is 0.263 e. The number of halogens is 2. The second kappa shape index (κ2) is 7.29. The van der Waals surface area contributed by atoms with Gasteiger partial charge in [-0.2, -0.15) is 0 Å². The van der Waals surface area contributed by atoms with Gasteiger partial charge < -0.3 is 9.47 Å².